The Morgan fingerprint density at radius 2 is 1.89 bits per heavy atom. The zero-order valence-electron chi connectivity index (χ0n) is 11.2. The molecule has 1 fully saturated rings. The molecule has 0 saturated heterocycles. The molecule has 0 unspecified atom stereocenters. The molecular formula is C15H22O3. The Morgan fingerprint density at radius 1 is 1.17 bits per heavy atom. The second-order valence-corrected chi connectivity index (χ2v) is 5.15. The van der Waals surface area contributed by atoms with Gasteiger partial charge in [0.1, 0.15) is 0 Å². The molecule has 0 radical (unpaired) electrons. The predicted molar refractivity (Wildman–Crippen MR) is 71.4 cm³/mol. The lowest BCUT2D eigenvalue weighted by atomic mass is 9.98. The van der Waals surface area contributed by atoms with Crippen molar-refractivity contribution < 1.29 is 14.6 Å². The van der Waals surface area contributed by atoms with Crippen molar-refractivity contribution in [2.45, 2.75) is 58.2 Å². The minimum Gasteiger partial charge on any atom is -0.504 e. The molecule has 1 aliphatic carbocycles. The Kier molecular flexibility index (Phi) is 4.34. The third kappa shape index (κ3) is 3.31. The lowest BCUT2D eigenvalue weighted by Crippen LogP contribution is -2.20. The van der Waals surface area contributed by atoms with Gasteiger partial charge in [0.2, 0.25) is 5.75 Å². The molecule has 2 rings (SSSR count). The lowest BCUT2D eigenvalue weighted by molar-refractivity contribution is 0.140. The molecule has 0 atom stereocenters. The summed E-state index contributed by atoms with van der Waals surface area (Å²) in [4.78, 5) is 0. The van der Waals surface area contributed by atoms with Gasteiger partial charge >= 0.3 is 0 Å². The second-order valence-electron chi connectivity index (χ2n) is 5.15. The smallest absolute Gasteiger partial charge is 0.203 e. The maximum absolute atomic E-state index is 9.86. The van der Waals surface area contributed by atoms with Gasteiger partial charge in [-0.25, -0.2) is 0 Å². The van der Waals surface area contributed by atoms with Gasteiger partial charge in [0.15, 0.2) is 11.5 Å². The van der Waals surface area contributed by atoms with Crippen LogP contribution in [0.15, 0.2) is 18.2 Å². The van der Waals surface area contributed by atoms with Gasteiger partial charge in [0.25, 0.3) is 0 Å². The molecule has 1 saturated carbocycles. The Balaban J connectivity index is 2.12. The van der Waals surface area contributed by atoms with E-state index in [2.05, 4.69) is 0 Å². The zero-order valence-corrected chi connectivity index (χ0v) is 11.2. The number of hydrogen-bond acceptors (Lipinski definition) is 3. The highest BCUT2D eigenvalue weighted by Crippen LogP contribution is 2.38. The van der Waals surface area contributed by atoms with Crippen molar-refractivity contribution in [3.05, 3.63) is 18.2 Å². The number of ether oxygens (including phenoxy) is 2. The molecule has 0 amide bonds. The van der Waals surface area contributed by atoms with Crippen molar-refractivity contribution >= 4 is 0 Å². The van der Waals surface area contributed by atoms with Crippen LogP contribution in [-0.4, -0.2) is 17.3 Å². The maximum Gasteiger partial charge on any atom is 0.203 e. The molecule has 100 valence electrons. The van der Waals surface area contributed by atoms with Crippen molar-refractivity contribution in [2.24, 2.45) is 0 Å². The van der Waals surface area contributed by atoms with Crippen LogP contribution in [0.25, 0.3) is 0 Å². The van der Waals surface area contributed by atoms with E-state index in [4.69, 9.17) is 9.47 Å². The van der Waals surface area contributed by atoms with Gasteiger partial charge in [-0.1, -0.05) is 12.5 Å². The fourth-order valence-corrected chi connectivity index (χ4v) is 2.31. The average Bonchev–Trinajstić information content (AvgIpc) is 2.34. The first kappa shape index (κ1) is 13.1. The Hall–Kier alpha value is -1.38. The minimum atomic E-state index is 0.0204. The number of aromatic hydroxyl groups is 1. The van der Waals surface area contributed by atoms with Crippen molar-refractivity contribution in [1.29, 1.82) is 0 Å². The first-order valence-corrected chi connectivity index (χ1v) is 6.82. The predicted octanol–water partition coefficient (Wildman–Crippen LogP) is 3.89. The zero-order chi connectivity index (χ0) is 13.0. The molecule has 1 aliphatic rings. The fraction of sp³-hybridized carbons (Fsp3) is 0.600. The molecule has 0 heterocycles. The van der Waals surface area contributed by atoms with Crippen LogP contribution in [0.2, 0.25) is 0 Å². The van der Waals surface area contributed by atoms with E-state index in [0.717, 1.165) is 12.8 Å². The van der Waals surface area contributed by atoms with Gasteiger partial charge in [-0.3, -0.25) is 0 Å². The van der Waals surface area contributed by atoms with Gasteiger partial charge in [-0.2, -0.15) is 0 Å². The van der Waals surface area contributed by atoms with Crippen LogP contribution in [-0.2, 0) is 0 Å². The number of benzene rings is 1. The summed E-state index contributed by atoms with van der Waals surface area (Å²) in [5, 5.41) is 9.86. The quantitative estimate of drug-likeness (QED) is 0.881. The van der Waals surface area contributed by atoms with Gasteiger partial charge in [-0.05, 0) is 51.7 Å². The van der Waals surface area contributed by atoms with E-state index < -0.39 is 0 Å². The Labute approximate surface area is 109 Å². The summed E-state index contributed by atoms with van der Waals surface area (Å²) in [5.74, 6) is 1.28. The minimum absolute atomic E-state index is 0.0204. The van der Waals surface area contributed by atoms with Gasteiger partial charge < -0.3 is 14.6 Å². The first-order valence-electron chi connectivity index (χ1n) is 6.82. The summed E-state index contributed by atoms with van der Waals surface area (Å²) in [6.45, 7) is 3.88. The molecule has 0 aliphatic heterocycles. The monoisotopic (exact) mass is 250 g/mol. The third-order valence-corrected chi connectivity index (χ3v) is 3.16. The summed E-state index contributed by atoms with van der Waals surface area (Å²) in [5.41, 5.74) is 0. The van der Waals surface area contributed by atoms with Crippen molar-refractivity contribution in [3.8, 4) is 17.2 Å². The van der Waals surface area contributed by atoms with E-state index in [1.54, 1.807) is 12.1 Å². The fourth-order valence-electron chi connectivity index (χ4n) is 2.31. The van der Waals surface area contributed by atoms with E-state index in [9.17, 15) is 5.11 Å². The SMILES string of the molecule is CC(C)Oc1c(O)cccc1OC1CCCCC1. The molecule has 0 spiro atoms. The first-order chi connectivity index (χ1) is 8.66. The number of hydrogen-bond donors (Lipinski definition) is 1. The summed E-state index contributed by atoms with van der Waals surface area (Å²) < 4.78 is 11.6. The Morgan fingerprint density at radius 3 is 2.56 bits per heavy atom. The van der Waals surface area contributed by atoms with E-state index >= 15 is 0 Å². The molecule has 3 heteroatoms. The van der Waals surface area contributed by atoms with Crippen molar-refractivity contribution in [1.82, 2.24) is 0 Å². The number of phenols is 1. The van der Waals surface area contributed by atoms with Crippen LogP contribution in [0.1, 0.15) is 46.0 Å². The summed E-state index contributed by atoms with van der Waals surface area (Å²) >= 11 is 0. The van der Waals surface area contributed by atoms with Crippen molar-refractivity contribution in [3.63, 3.8) is 0 Å². The van der Waals surface area contributed by atoms with E-state index in [0.29, 0.717) is 11.5 Å². The highest BCUT2D eigenvalue weighted by Gasteiger charge is 2.19. The lowest BCUT2D eigenvalue weighted by Gasteiger charge is -2.24. The molecule has 0 aromatic heterocycles. The molecule has 1 aromatic rings. The van der Waals surface area contributed by atoms with Gasteiger partial charge in [0.05, 0.1) is 12.2 Å². The van der Waals surface area contributed by atoms with E-state index in [1.165, 1.54) is 19.3 Å². The van der Waals surface area contributed by atoms with Crippen LogP contribution >= 0.6 is 0 Å². The summed E-state index contributed by atoms with van der Waals surface area (Å²) in [6.07, 6.45) is 6.22. The number of rotatable bonds is 4. The van der Waals surface area contributed by atoms with Crippen LogP contribution in [0.4, 0.5) is 0 Å². The highest BCUT2D eigenvalue weighted by molar-refractivity contribution is 5.50. The molecule has 3 nitrogen and oxygen atoms in total. The number of phenolic OH excluding ortho intramolecular Hbond substituents is 1. The molecule has 1 N–H and O–H groups in total. The average molecular weight is 250 g/mol. The molecular weight excluding hydrogens is 228 g/mol. The highest BCUT2D eigenvalue weighted by atomic mass is 16.5. The summed E-state index contributed by atoms with van der Waals surface area (Å²) in [6, 6.07) is 5.29. The second kappa shape index (κ2) is 5.98. The molecule has 18 heavy (non-hydrogen) atoms. The topological polar surface area (TPSA) is 38.7 Å². The van der Waals surface area contributed by atoms with Gasteiger partial charge in [0, 0.05) is 0 Å². The maximum atomic E-state index is 9.86. The Bertz CT molecular complexity index is 381. The van der Waals surface area contributed by atoms with Crippen LogP contribution in [0, 0.1) is 0 Å². The number of para-hydroxylation sites is 1. The van der Waals surface area contributed by atoms with E-state index in [-0.39, 0.29) is 18.0 Å². The van der Waals surface area contributed by atoms with Crippen molar-refractivity contribution in [2.75, 3.05) is 0 Å². The molecule has 1 aromatic carbocycles. The van der Waals surface area contributed by atoms with Crippen LogP contribution < -0.4 is 9.47 Å². The molecule has 0 bridgehead atoms. The normalized spacial score (nSPS) is 16.8. The standard InChI is InChI=1S/C15H22O3/c1-11(2)17-15-13(16)9-6-10-14(15)18-12-7-4-3-5-8-12/h6,9-12,16H,3-5,7-8H2,1-2H3. The largest absolute Gasteiger partial charge is 0.504 e. The van der Waals surface area contributed by atoms with Gasteiger partial charge in [-0.15, -0.1) is 0 Å². The van der Waals surface area contributed by atoms with Crippen LogP contribution in [0.5, 0.6) is 17.2 Å². The third-order valence-electron chi connectivity index (χ3n) is 3.16. The van der Waals surface area contributed by atoms with E-state index in [1.807, 2.05) is 19.9 Å². The summed E-state index contributed by atoms with van der Waals surface area (Å²) in [7, 11) is 0. The van der Waals surface area contributed by atoms with Crippen LogP contribution in [0.3, 0.4) is 0 Å².